The molecule has 5 heteroatoms. The molecule has 0 unspecified atom stereocenters. The Morgan fingerprint density at radius 1 is 0.742 bits per heavy atom. The molecule has 1 aromatic carbocycles. The van der Waals surface area contributed by atoms with Gasteiger partial charge in [0.2, 0.25) is 0 Å². The Kier molecular flexibility index (Phi) is 14.3. The third-order valence-corrected chi connectivity index (χ3v) is 5.70. The number of allylic oxidation sites excluding steroid dienone is 2. The van der Waals surface area contributed by atoms with E-state index in [0.717, 1.165) is 37.0 Å². The molecule has 5 nitrogen and oxygen atoms in total. The molecule has 0 spiro atoms. The lowest BCUT2D eigenvalue weighted by atomic mass is 9.93. The van der Waals surface area contributed by atoms with Crippen molar-refractivity contribution in [2.75, 3.05) is 27.4 Å². The molecule has 0 aliphatic rings. The molecule has 0 atom stereocenters. The minimum absolute atomic E-state index is 0.188. The fourth-order valence-electron chi connectivity index (χ4n) is 3.91. The van der Waals surface area contributed by atoms with E-state index in [9.17, 15) is 10.2 Å². The van der Waals surface area contributed by atoms with Crippen LogP contribution in [0.2, 0.25) is 0 Å². The Labute approximate surface area is 189 Å². The third kappa shape index (κ3) is 9.22. The summed E-state index contributed by atoms with van der Waals surface area (Å²) < 4.78 is 16.9. The molecular weight excluding hydrogens is 392 g/mol. The van der Waals surface area contributed by atoms with E-state index in [1.807, 2.05) is 6.92 Å². The Balaban J connectivity index is 2.72. The minimum Gasteiger partial charge on any atom is -0.496 e. The van der Waals surface area contributed by atoms with Crippen LogP contribution in [0.25, 0.3) is 0 Å². The Hall–Kier alpha value is -1.56. The largest absolute Gasteiger partial charge is 0.496 e. The fraction of sp³-hybridized carbons (Fsp3) is 0.692. The summed E-state index contributed by atoms with van der Waals surface area (Å²) in [6.45, 7) is 7.23. The van der Waals surface area contributed by atoms with Gasteiger partial charge in [-0.2, -0.15) is 0 Å². The molecule has 0 saturated carbocycles. The molecule has 0 aromatic heterocycles. The lowest BCUT2D eigenvalue weighted by Gasteiger charge is -2.23. The summed E-state index contributed by atoms with van der Waals surface area (Å²) in [4.78, 5) is 0. The SMILES string of the molecule is COCCCCCCCCCCOc1c(CC=C(C)C)c(C)c(OC)c(CO)c1CO. The summed E-state index contributed by atoms with van der Waals surface area (Å²) in [6, 6.07) is 0. The number of aliphatic hydroxyl groups excluding tert-OH is 2. The van der Waals surface area contributed by atoms with Crippen molar-refractivity contribution in [1.29, 1.82) is 0 Å². The van der Waals surface area contributed by atoms with Crippen LogP contribution in [-0.4, -0.2) is 37.6 Å². The number of rotatable bonds is 17. The third-order valence-electron chi connectivity index (χ3n) is 5.70. The summed E-state index contributed by atoms with van der Waals surface area (Å²) >= 11 is 0. The lowest BCUT2D eigenvalue weighted by Crippen LogP contribution is -2.10. The van der Waals surface area contributed by atoms with Crippen LogP contribution in [0, 0.1) is 6.92 Å². The highest BCUT2D eigenvalue weighted by molar-refractivity contribution is 5.59. The highest BCUT2D eigenvalue weighted by Gasteiger charge is 2.22. The first kappa shape index (κ1) is 27.5. The smallest absolute Gasteiger partial charge is 0.129 e. The van der Waals surface area contributed by atoms with Crippen LogP contribution >= 0.6 is 0 Å². The van der Waals surface area contributed by atoms with Gasteiger partial charge in [0, 0.05) is 30.4 Å². The van der Waals surface area contributed by atoms with E-state index in [4.69, 9.17) is 14.2 Å². The molecule has 0 saturated heterocycles. The topological polar surface area (TPSA) is 68.2 Å². The van der Waals surface area contributed by atoms with Gasteiger partial charge in [0.05, 0.1) is 26.9 Å². The van der Waals surface area contributed by atoms with Crippen LogP contribution in [0.3, 0.4) is 0 Å². The maximum atomic E-state index is 10.1. The van der Waals surface area contributed by atoms with Crippen molar-refractivity contribution in [2.45, 2.75) is 91.8 Å². The summed E-state index contributed by atoms with van der Waals surface area (Å²) in [5, 5.41) is 20.0. The van der Waals surface area contributed by atoms with Crippen molar-refractivity contribution in [3.05, 3.63) is 33.9 Å². The quantitative estimate of drug-likeness (QED) is 0.244. The Bertz CT molecular complexity index is 662. The van der Waals surface area contributed by atoms with Gasteiger partial charge in [-0.3, -0.25) is 0 Å². The second-order valence-electron chi connectivity index (χ2n) is 8.39. The maximum absolute atomic E-state index is 10.1. The zero-order valence-electron chi connectivity index (χ0n) is 20.4. The molecule has 0 aliphatic carbocycles. The molecule has 1 rings (SSSR count). The molecule has 0 heterocycles. The van der Waals surface area contributed by atoms with Crippen molar-refractivity contribution in [2.24, 2.45) is 0 Å². The Morgan fingerprint density at radius 3 is 1.74 bits per heavy atom. The van der Waals surface area contributed by atoms with Crippen molar-refractivity contribution in [3.63, 3.8) is 0 Å². The van der Waals surface area contributed by atoms with Gasteiger partial charge in [0.1, 0.15) is 11.5 Å². The lowest BCUT2D eigenvalue weighted by molar-refractivity contribution is 0.192. The zero-order valence-corrected chi connectivity index (χ0v) is 20.4. The first-order chi connectivity index (χ1) is 15.0. The van der Waals surface area contributed by atoms with E-state index in [0.29, 0.717) is 35.7 Å². The van der Waals surface area contributed by atoms with Crippen molar-refractivity contribution in [3.8, 4) is 11.5 Å². The summed E-state index contributed by atoms with van der Waals surface area (Å²) in [5.74, 6) is 1.35. The average Bonchev–Trinajstić information content (AvgIpc) is 2.76. The second-order valence-corrected chi connectivity index (χ2v) is 8.39. The minimum atomic E-state index is -0.191. The normalized spacial score (nSPS) is 10.9. The molecule has 0 amide bonds. The first-order valence-electron chi connectivity index (χ1n) is 11.7. The standard InChI is InChI=1S/C26H44O5/c1-20(2)14-15-22-21(3)25(30-5)23(18-27)24(19-28)26(22)31-17-13-11-9-7-6-8-10-12-16-29-4/h14,27-28H,6-13,15-19H2,1-5H3. The van der Waals surface area contributed by atoms with E-state index in [2.05, 4.69) is 19.9 Å². The van der Waals surface area contributed by atoms with E-state index in [1.165, 1.54) is 37.7 Å². The first-order valence-corrected chi connectivity index (χ1v) is 11.7. The van der Waals surface area contributed by atoms with Gasteiger partial charge in [-0.15, -0.1) is 0 Å². The number of methoxy groups -OCH3 is 2. The second kappa shape index (κ2) is 16.1. The highest BCUT2D eigenvalue weighted by atomic mass is 16.5. The van der Waals surface area contributed by atoms with Crippen molar-refractivity contribution in [1.82, 2.24) is 0 Å². The molecule has 0 radical (unpaired) electrons. The number of aliphatic hydroxyl groups is 2. The molecule has 0 bridgehead atoms. The maximum Gasteiger partial charge on any atom is 0.129 e. The van der Waals surface area contributed by atoms with Crippen LogP contribution in [0.4, 0.5) is 0 Å². The van der Waals surface area contributed by atoms with Gasteiger partial charge in [-0.1, -0.05) is 50.2 Å². The van der Waals surface area contributed by atoms with Crippen molar-refractivity contribution < 1.29 is 24.4 Å². The molecule has 1 aromatic rings. The van der Waals surface area contributed by atoms with Gasteiger partial charge in [0.15, 0.2) is 0 Å². The van der Waals surface area contributed by atoms with Gasteiger partial charge < -0.3 is 24.4 Å². The van der Waals surface area contributed by atoms with Gasteiger partial charge in [-0.05, 0) is 45.6 Å². The molecule has 31 heavy (non-hydrogen) atoms. The summed E-state index contributed by atoms with van der Waals surface area (Å²) in [7, 11) is 3.36. The molecule has 0 aliphatic heterocycles. The fourth-order valence-corrected chi connectivity index (χ4v) is 3.91. The summed E-state index contributed by atoms with van der Waals surface area (Å²) in [5.41, 5.74) is 4.47. The number of hydrogen-bond acceptors (Lipinski definition) is 5. The highest BCUT2D eigenvalue weighted by Crippen LogP contribution is 2.39. The van der Waals surface area contributed by atoms with E-state index in [-0.39, 0.29) is 13.2 Å². The van der Waals surface area contributed by atoms with Crippen LogP contribution in [0.1, 0.15) is 87.5 Å². The molecular formula is C26H44O5. The predicted octanol–water partition coefficient (Wildman–Crippen LogP) is 5.64. The molecule has 178 valence electrons. The number of unbranched alkanes of at least 4 members (excludes halogenated alkanes) is 7. The van der Waals surface area contributed by atoms with Gasteiger partial charge in [-0.25, -0.2) is 0 Å². The number of ether oxygens (including phenoxy) is 3. The van der Waals surface area contributed by atoms with Gasteiger partial charge in [0.25, 0.3) is 0 Å². The van der Waals surface area contributed by atoms with E-state index < -0.39 is 0 Å². The average molecular weight is 437 g/mol. The van der Waals surface area contributed by atoms with Crippen LogP contribution in [0.5, 0.6) is 11.5 Å². The van der Waals surface area contributed by atoms with E-state index in [1.54, 1.807) is 14.2 Å². The Morgan fingerprint density at radius 2 is 1.26 bits per heavy atom. The molecule has 0 fully saturated rings. The van der Waals surface area contributed by atoms with Crippen molar-refractivity contribution >= 4 is 0 Å². The van der Waals surface area contributed by atoms with Crippen LogP contribution < -0.4 is 9.47 Å². The zero-order chi connectivity index (χ0) is 23.1. The number of hydrogen-bond donors (Lipinski definition) is 2. The van der Waals surface area contributed by atoms with Gasteiger partial charge >= 0.3 is 0 Å². The van der Waals surface area contributed by atoms with Crippen LogP contribution in [0.15, 0.2) is 11.6 Å². The predicted molar refractivity (Wildman–Crippen MR) is 127 cm³/mol. The summed E-state index contributed by atoms with van der Waals surface area (Å²) in [6.07, 6.45) is 12.4. The monoisotopic (exact) mass is 436 g/mol. The van der Waals surface area contributed by atoms with E-state index >= 15 is 0 Å². The number of benzene rings is 1. The van der Waals surface area contributed by atoms with Crippen LogP contribution in [-0.2, 0) is 24.4 Å². The molecule has 2 N–H and O–H groups in total.